The van der Waals surface area contributed by atoms with Crippen LogP contribution in [-0.2, 0) is 6.61 Å². The quantitative estimate of drug-likeness (QED) is 0.868. The molecule has 2 aromatic rings. The fraction of sp³-hybridized carbons (Fsp3) is 0.385. The van der Waals surface area contributed by atoms with Crippen molar-refractivity contribution in [2.45, 2.75) is 19.4 Å². The number of rotatable bonds is 4. The smallest absolute Gasteiger partial charge is 0.208 e. The van der Waals surface area contributed by atoms with E-state index in [0.29, 0.717) is 6.61 Å². The Morgan fingerprint density at radius 3 is 2.63 bits per heavy atom. The van der Waals surface area contributed by atoms with Gasteiger partial charge in [0.05, 0.1) is 0 Å². The van der Waals surface area contributed by atoms with Crippen molar-refractivity contribution in [2.24, 2.45) is 0 Å². The molecule has 0 bridgehead atoms. The third-order valence-corrected chi connectivity index (χ3v) is 4.03. The number of hydrogen-bond acceptors (Lipinski definition) is 6. The number of ether oxygens (including phenoxy) is 1. The first-order valence-corrected chi connectivity index (χ1v) is 7.18. The van der Waals surface area contributed by atoms with E-state index in [1.54, 1.807) is 11.3 Å². The molecule has 0 amide bonds. The molecule has 0 radical (unpaired) electrons. The van der Waals surface area contributed by atoms with Crippen LogP contribution in [0.4, 0.5) is 10.8 Å². The van der Waals surface area contributed by atoms with Crippen molar-refractivity contribution in [3.63, 3.8) is 0 Å². The van der Waals surface area contributed by atoms with E-state index in [0.717, 1.165) is 34.7 Å². The van der Waals surface area contributed by atoms with Gasteiger partial charge in [0.25, 0.3) is 0 Å². The molecule has 0 atom stereocenters. The maximum atomic E-state index is 5.66. The normalized spacial score (nSPS) is 14.8. The second kappa shape index (κ2) is 5.44. The molecule has 1 aromatic carbocycles. The number of hydrogen-bond donors (Lipinski definition) is 1. The Morgan fingerprint density at radius 2 is 1.89 bits per heavy atom. The van der Waals surface area contributed by atoms with Gasteiger partial charge in [0, 0.05) is 18.8 Å². The Labute approximate surface area is 116 Å². The zero-order chi connectivity index (χ0) is 13.1. The van der Waals surface area contributed by atoms with E-state index in [2.05, 4.69) is 15.1 Å². The van der Waals surface area contributed by atoms with Crippen LogP contribution in [0.2, 0.25) is 0 Å². The maximum Gasteiger partial charge on any atom is 0.208 e. The maximum absolute atomic E-state index is 5.66. The Bertz CT molecular complexity index is 534. The molecule has 0 unspecified atom stereocenters. The third-order valence-electron chi connectivity index (χ3n) is 3.08. The highest BCUT2D eigenvalue weighted by Crippen LogP contribution is 2.25. The second-order valence-corrected chi connectivity index (χ2v) is 5.57. The summed E-state index contributed by atoms with van der Waals surface area (Å²) < 4.78 is 5.66. The lowest BCUT2D eigenvalue weighted by molar-refractivity contribution is 0.304. The highest BCUT2D eigenvalue weighted by molar-refractivity contribution is 7.15. The van der Waals surface area contributed by atoms with Crippen molar-refractivity contribution in [3.8, 4) is 5.75 Å². The van der Waals surface area contributed by atoms with Crippen LogP contribution in [0.1, 0.15) is 17.8 Å². The van der Waals surface area contributed by atoms with E-state index in [1.165, 1.54) is 12.8 Å². The largest absolute Gasteiger partial charge is 0.486 e. The monoisotopic (exact) mass is 276 g/mol. The van der Waals surface area contributed by atoms with Gasteiger partial charge in [0.15, 0.2) is 5.01 Å². The first-order valence-electron chi connectivity index (χ1n) is 6.37. The second-order valence-electron chi connectivity index (χ2n) is 4.53. The molecular formula is C13H16N4OS. The average Bonchev–Trinajstić information content (AvgIpc) is 3.09. The molecule has 0 spiro atoms. The van der Waals surface area contributed by atoms with Crippen molar-refractivity contribution in [1.82, 2.24) is 10.2 Å². The lowest BCUT2D eigenvalue weighted by Crippen LogP contribution is -2.17. The van der Waals surface area contributed by atoms with E-state index in [4.69, 9.17) is 10.5 Å². The average molecular weight is 276 g/mol. The summed E-state index contributed by atoms with van der Waals surface area (Å²) in [6.07, 6.45) is 2.49. The minimum absolute atomic E-state index is 0.454. The topological polar surface area (TPSA) is 64.3 Å². The molecule has 0 aliphatic carbocycles. The van der Waals surface area contributed by atoms with E-state index >= 15 is 0 Å². The molecule has 1 aliphatic heterocycles. The Balaban J connectivity index is 1.59. The summed E-state index contributed by atoms with van der Waals surface area (Å²) in [5, 5.41) is 10.3. The minimum Gasteiger partial charge on any atom is -0.486 e. The molecule has 1 aromatic heterocycles. The summed E-state index contributed by atoms with van der Waals surface area (Å²) in [7, 11) is 0. The number of nitrogens with two attached hydrogens (primary N) is 1. The SMILES string of the molecule is Nc1ccc(OCc2nnc(N3CCCC3)s2)cc1. The number of benzene rings is 1. The van der Waals surface area contributed by atoms with Gasteiger partial charge in [-0.05, 0) is 37.1 Å². The van der Waals surface area contributed by atoms with Crippen molar-refractivity contribution < 1.29 is 4.74 Å². The van der Waals surface area contributed by atoms with Gasteiger partial charge in [-0.25, -0.2) is 0 Å². The zero-order valence-corrected chi connectivity index (χ0v) is 11.4. The third kappa shape index (κ3) is 2.96. The first kappa shape index (κ1) is 12.2. The highest BCUT2D eigenvalue weighted by Gasteiger charge is 2.16. The number of anilines is 2. The van der Waals surface area contributed by atoms with Gasteiger partial charge in [-0.15, -0.1) is 10.2 Å². The molecular weight excluding hydrogens is 260 g/mol. The van der Waals surface area contributed by atoms with Crippen LogP contribution in [0.25, 0.3) is 0 Å². The molecule has 1 fully saturated rings. The van der Waals surface area contributed by atoms with Crippen LogP contribution in [0.15, 0.2) is 24.3 Å². The van der Waals surface area contributed by atoms with Crippen LogP contribution in [-0.4, -0.2) is 23.3 Å². The number of nitrogens with zero attached hydrogens (tertiary/aromatic N) is 3. The fourth-order valence-corrected chi connectivity index (χ4v) is 2.85. The lowest BCUT2D eigenvalue weighted by Gasteiger charge is -2.11. The summed E-state index contributed by atoms with van der Waals surface area (Å²) in [6, 6.07) is 7.37. The Kier molecular flexibility index (Phi) is 3.50. The summed E-state index contributed by atoms with van der Waals surface area (Å²) in [5.41, 5.74) is 6.36. The predicted molar refractivity (Wildman–Crippen MR) is 76.5 cm³/mol. The van der Waals surface area contributed by atoms with Crippen molar-refractivity contribution in [1.29, 1.82) is 0 Å². The van der Waals surface area contributed by atoms with Crippen LogP contribution in [0, 0.1) is 0 Å². The van der Waals surface area contributed by atoms with E-state index in [9.17, 15) is 0 Å². The van der Waals surface area contributed by atoms with Gasteiger partial charge in [0.1, 0.15) is 12.4 Å². The summed E-state index contributed by atoms with van der Waals surface area (Å²) in [6.45, 7) is 2.64. The molecule has 1 saturated heterocycles. The van der Waals surface area contributed by atoms with Crippen LogP contribution in [0.5, 0.6) is 5.75 Å². The summed E-state index contributed by atoms with van der Waals surface area (Å²) >= 11 is 1.61. The Morgan fingerprint density at radius 1 is 1.16 bits per heavy atom. The van der Waals surface area contributed by atoms with Gasteiger partial charge in [-0.3, -0.25) is 0 Å². The van der Waals surface area contributed by atoms with Crippen LogP contribution >= 0.6 is 11.3 Å². The van der Waals surface area contributed by atoms with Crippen molar-refractivity contribution >= 4 is 22.2 Å². The molecule has 3 rings (SSSR count). The van der Waals surface area contributed by atoms with E-state index < -0.39 is 0 Å². The molecule has 19 heavy (non-hydrogen) atoms. The molecule has 5 nitrogen and oxygen atoms in total. The van der Waals surface area contributed by atoms with Gasteiger partial charge < -0.3 is 15.4 Å². The van der Waals surface area contributed by atoms with Gasteiger partial charge in [-0.2, -0.15) is 0 Å². The van der Waals surface area contributed by atoms with Crippen molar-refractivity contribution in [2.75, 3.05) is 23.7 Å². The molecule has 6 heteroatoms. The lowest BCUT2D eigenvalue weighted by atomic mass is 10.3. The first-order chi connectivity index (χ1) is 9.31. The number of nitrogen functional groups attached to an aromatic ring is 1. The molecule has 2 heterocycles. The summed E-state index contributed by atoms with van der Waals surface area (Å²) in [5.74, 6) is 0.798. The molecule has 1 aliphatic rings. The van der Waals surface area contributed by atoms with E-state index in [1.807, 2.05) is 24.3 Å². The predicted octanol–water partition coefficient (Wildman–Crippen LogP) is 2.30. The van der Waals surface area contributed by atoms with Crippen LogP contribution < -0.4 is 15.4 Å². The standard InChI is InChI=1S/C13H16N4OS/c14-10-3-5-11(6-4-10)18-9-12-15-16-13(19-12)17-7-1-2-8-17/h3-6H,1-2,7-9,14H2. The van der Waals surface area contributed by atoms with Crippen LogP contribution in [0.3, 0.4) is 0 Å². The van der Waals surface area contributed by atoms with E-state index in [-0.39, 0.29) is 0 Å². The van der Waals surface area contributed by atoms with Gasteiger partial charge in [0.2, 0.25) is 5.13 Å². The zero-order valence-electron chi connectivity index (χ0n) is 10.6. The fourth-order valence-electron chi connectivity index (χ4n) is 2.05. The van der Waals surface area contributed by atoms with Gasteiger partial charge >= 0.3 is 0 Å². The summed E-state index contributed by atoms with van der Waals surface area (Å²) in [4.78, 5) is 2.28. The van der Waals surface area contributed by atoms with Gasteiger partial charge in [-0.1, -0.05) is 11.3 Å². The minimum atomic E-state index is 0.454. The van der Waals surface area contributed by atoms with Crippen molar-refractivity contribution in [3.05, 3.63) is 29.3 Å². The molecule has 100 valence electrons. The number of aromatic nitrogens is 2. The molecule has 0 saturated carbocycles. The Hall–Kier alpha value is -1.82. The highest BCUT2D eigenvalue weighted by atomic mass is 32.1. The molecule has 2 N–H and O–H groups in total.